The maximum Gasteiger partial charge on any atom is 0.256 e. The average molecular weight is 413 g/mol. The first-order valence-electron chi connectivity index (χ1n) is 9.51. The molecule has 1 amide bonds. The Morgan fingerprint density at radius 3 is 2.27 bits per heavy atom. The van der Waals surface area contributed by atoms with Crippen molar-refractivity contribution in [1.29, 1.82) is 0 Å². The monoisotopic (exact) mass is 413 g/mol. The molecule has 158 valence electrons. The van der Waals surface area contributed by atoms with E-state index in [4.69, 9.17) is 14.2 Å². The highest BCUT2D eigenvalue weighted by molar-refractivity contribution is 6.07. The summed E-state index contributed by atoms with van der Waals surface area (Å²) in [6.45, 7) is 1.84. The van der Waals surface area contributed by atoms with E-state index in [2.05, 4.69) is 10.6 Å². The zero-order valence-corrected chi connectivity index (χ0v) is 17.1. The smallest absolute Gasteiger partial charge is 0.256 e. The van der Waals surface area contributed by atoms with Crippen LogP contribution in [0.3, 0.4) is 0 Å². The SMILES string of the molecule is COc1cc([C@@H]2[C@H](C)N[C@@]3(C(=O)Nc4ccccc43)[C@H]2[N+](=O)[O-])cc(OC)c1OC. The molecule has 0 radical (unpaired) electrons. The van der Waals surface area contributed by atoms with Gasteiger partial charge in [-0.05, 0) is 30.7 Å². The molecular formula is C21H23N3O6. The summed E-state index contributed by atoms with van der Waals surface area (Å²) in [4.78, 5) is 25.1. The van der Waals surface area contributed by atoms with Crippen molar-refractivity contribution < 1.29 is 23.9 Å². The maximum absolute atomic E-state index is 13.1. The third kappa shape index (κ3) is 2.62. The zero-order chi connectivity index (χ0) is 21.6. The van der Waals surface area contributed by atoms with Crippen molar-refractivity contribution in [3.05, 3.63) is 57.6 Å². The summed E-state index contributed by atoms with van der Waals surface area (Å²) in [5.41, 5.74) is 0.322. The Hall–Kier alpha value is -3.33. The fraction of sp³-hybridized carbons (Fsp3) is 0.381. The van der Waals surface area contributed by atoms with E-state index in [1.54, 1.807) is 36.4 Å². The number of ether oxygens (including phenoxy) is 3. The third-order valence-corrected chi connectivity index (χ3v) is 6.04. The highest BCUT2D eigenvalue weighted by Gasteiger charge is 2.67. The second-order valence-corrected chi connectivity index (χ2v) is 7.46. The van der Waals surface area contributed by atoms with E-state index >= 15 is 0 Å². The fourth-order valence-electron chi connectivity index (χ4n) is 4.85. The van der Waals surface area contributed by atoms with Gasteiger partial charge in [-0.3, -0.25) is 20.2 Å². The number of amides is 1. The Kier molecular flexibility index (Phi) is 4.77. The van der Waals surface area contributed by atoms with E-state index in [0.29, 0.717) is 34.1 Å². The van der Waals surface area contributed by atoms with E-state index < -0.39 is 23.4 Å². The predicted molar refractivity (Wildman–Crippen MR) is 109 cm³/mol. The minimum absolute atomic E-state index is 0.369. The van der Waals surface area contributed by atoms with Crippen molar-refractivity contribution in [3.8, 4) is 17.2 Å². The Labute approximate surface area is 173 Å². The molecule has 30 heavy (non-hydrogen) atoms. The summed E-state index contributed by atoms with van der Waals surface area (Å²) in [6.07, 6.45) is 0. The van der Waals surface area contributed by atoms with Gasteiger partial charge >= 0.3 is 0 Å². The summed E-state index contributed by atoms with van der Waals surface area (Å²) < 4.78 is 16.2. The van der Waals surface area contributed by atoms with Crippen molar-refractivity contribution in [2.24, 2.45) is 0 Å². The summed E-state index contributed by atoms with van der Waals surface area (Å²) in [7, 11) is 4.48. The van der Waals surface area contributed by atoms with Gasteiger partial charge in [-0.25, -0.2) is 0 Å². The molecule has 2 aliphatic rings. The number of carbonyl (C=O) groups excluding carboxylic acids is 1. The van der Waals surface area contributed by atoms with Crippen LogP contribution in [-0.2, 0) is 10.3 Å². The first kappa shape index (κ1) is 20.0. The van der Waals surface area contributed by atoms with Crippen molar-refractivity contribution in [2.45, 2.75) is 30.5 Å². The van der Waals surface area contributed by atoms with Crippen LogP contribution in [-0.4, -0.2) is 44.2 Å². The molecule has 1 spiro atoms. The number of nitrogens with one attached hydrogen (secondary N) is 2. The second kappa shape index (κ2) is 7.17. The lowest BCUT2D eigenvalue weighted by atomic mass is 9.78. The number of fused-ring (bicyclic) bond motifs is 2. The van der Waals surface area contributed by atoms with Crippen molar-refractivity contribution >= 4 is 11.6 Å². The number of nitrogens with zero attached hydrogens (tertiary/aromatic N) is 1. The average Bonchev–Trinajstić information content (AvgIpc) is 3.21. The molecule has 2 heterocycles. The number of hydrogen-bond acceptors (Lipinski definition) is 7. The first-order chi connectivity index (χ1) is 14.4. The molecule has 0 aromatic heterocycles. The topological polar surface area (TPSA) is 112 Å². The van der Waals surface area contributed by atoms with Crippen LogP contribution in [0.1, 0.15) is 24.0 Å². The van der Waals surface area contributed by atoms with Gasteiger partial charge in [0.15, 0.2) is 17.0 Å². The molecule has 2 aromatic carbocycles. The lowest BCUT2D eigenvalue weighted by molar-refractivity contribution is -0.532. The van der Waals surface area contributed by atoms with Crippen LogP contribution in [0.5, 0.6) is 17.2 Å². The number of hydrogen-bond donors (Lipinski definition) is 2. The molecule has 9 nitrogen and oxygen atoms in total. The largest absolute Gasteiger partial charge is 0.493 e. The van der Waals surface area contributed by atoms with Crippen LogP contribution in [0.15, 0.2) is 36.4 Å². The molecule has 0 bridgehead atoms. The van der Waals surface area contributed by atoms with E-state index in [1.807, 2.05) is 6.92 Å². The number of methoxy groups -OCH3 is 3. The van der Waals surface area contributed by atoms with Gasteiger partial charge in [0, 0.05) is 22.2 Å². The second-order valence-electron chi connectivity index (χ2n) is 7.46. The van der Waals surface area contributed by atoms with E-state index in [1.165, 1.54) is 21.3 Å². The Balaban J connectivity index is 1.91. The van der Waals surface area contributed by atoms with Gasteiger partial charge in [0.25, 0.3) is 11.9 Å². The molecule has 2 N–H and O–H groups in total. The van der Waals surface area contributed by atoms with Gasteiger partial charge in [0.1, 0.15) is 0 Å². The molecular weight excluding hydrogens is 390 g/mol. The molecule has 2 aromatic rings. The van der Waals surface area contributed by atoms with Gasteiger partial charge in [-0.15, -0.1) is 0 Å². The molecule has 4 atom stereocenters. The lowest BCUT2D eigenvalue weighted by Gasteiger charge is -2.25. The molecule has 1 fully saturated rings. The van der Waals surface area contributed by atoms with E-state index in [0.717, 1.165) is 0 Å². The van der Waals surface area contributed by atoms with E-state index in [-0.39, 0.29) is 11.0 Å². The molecule has 0 aliphatic carbocycles. The number of rotatable bonds is 5. The van der Waals surface area contributed by atoms with Gasteiger partial charge in [-0.1, -0.05) is 18.2 Å². The van der Waals surface area contributed by atoms with Crippen LogP contribution in [0.25, 0.3) is 0 Å². The summed E-state index contributed by atoms with van der Waals surface area (Å²) >= 11 is 0. The van der Waals surface area contributed by atoms with Gasteiger partial charge in [-0.2, -0.15) is 0 Å². The highest BCUT2D eigenvalue weighted by Crippen LogP contribution is 2.51. The summed E-state index contributed by atoms with van der Waals surface area (Å²) in [6, 6.07) is 8.86. The fourth-order valence-corrected chi connectivity index (χ4v) is 4.85. The summed E-state index contributed by atoms with van der Waals surface area (Å²) in [5.74, 6) is 0.160. The predicted octanol–water partition coefficient (Wildman–Crippen LogP) is 2.28. The molecule has 9 heteroatoms. The lowest BCUT2D eigenvalue weighted by Crippen LogP contribution is -2.54. The van der Waals surface area contributed by atoms with Crippen molar-refractivity contribution in [3.63, 3.8) is 0 Å². The van der Waals surface area contributed by atoms with Crippen LogP contribution >= 0.6 is 0 Å². The van der Waals surface area contributed by atoms with Crippen molar-refractivity contribution in [1.82, 2.24) is 5.32 Å². The standard InChI is InChI=1S/C21H23N3O6/c1-11-17(12-9-15(28-2)18(30-4)16(10-12)29-3)19(24(26)27)21(23-11)13-7-5-6-8-14(13)22-20(21)25/h5-11,17,19,23H,1-4H3,(H,22,25)/t11-,17-,19-,21+/m0/s1. The summed E-state index contributed by atoms with van der Waals surface area (Å²) in [5, 5.41) is 18.4. The molecule has 4 rings (SSSR count). The van der Waals surface area contributed by atoms with Gasteiger partial charge in [0.05, 0.1) is 27.2 Å². The number of para-hydroxylation sites is 1. The first-order valence-corrected chi connectivity index (χ1v) is 9.51. The van der Waals surface area contributed by atoms with Crippen molar-refractivity contribution in [2.75, 3.05) is 26.6 Å². The third-order valence-electron chi connectivity index (χ3n) is 6.04. The van der Waals surface area contributed by atoms with Crippen LogP contribution < -0.4 is 24.8 Å². The number of carbonyl (C=O) groups is 1. The highest BCUT2D eigenvalue weighted by atomic mass is 16.6. The Morgan fingerprint density at radius 2 is 1.70 bits per heavy atom. The molecule has 0 unspecified atom stereocenters. The number of benzene rings is 2. The van der Waals surface area contributed by atoms with Gasteiger partial charge in [0.2, 0.25) is 5.75 Å². The minimum Gasteiger partial charge on any atom is -0.493 e. The Morgan fingerprint density at radius 1 is 1.07 bits per heavy atom. The normalized spacial score (nSPS) is 26.9. The zero-order valence-electron chi connectivity index (χ0n) is 17.1. The van der Waals surface area contributed by atoms with Crippen LogP contribution in [0, 0.1) is 10.1 Å². The van der Waals surface area contributed by atoms with Crippen LogP contribution in [0.2, 0.25) is 0 Å². The van der Waals surface area contributed by atoms with Crippen LogP contribution in [0.4, 0.5) is 5.69 Å². The number of nitro groups is 1. The Bertz CT molecular complexity index is 1000. The maximum atomic E-state index is 13.1. The van der Waals surface area contributed by atoms with E-state index in [9.17, 15) is 14.9 Å². The molecule has 1 saturated heterocycles. The quantitative estimate of drug-likeness (QED) is 0.571. The number of anilines is 1. The molecule has 0 saturated carbocycles. The molecule has 2 aliphatic heterocycles. The minimum atomic E-state index is -1.47. The van der Waals surface area contributed by atoms with Gasteiger partial charge < -0.3 is 19.5 Å².